The second kappa shape index (κ2) is 8.84. The Morgan fingerprint density at radius 1 is 1.48 bits per heavy atom. The van der Waals surface area contributed by atoms with Crippen molar-refractivity contribution >= 4 is 5.91 Å². The van der Waals surface area contributed by atoms with Gasteiger partial charge in [-0.25, -0.2) is 10.5 Å². The van der Waals surface area contributed by atoms with Crippen molar-refractivity contribution in [3.05, 3.63) is 23.9 Å². The Hall–Kier alpha value is -1.66. The first-order chi connectivity index (χ1) is 11.2. The number of carbonyl (C=O) groups excluding carboxylic acids is 1. The third-order valence-corrected chi connectivity index (χ3v) is 4.54. The molecule has 0 aromatic carbocycles. The van der Waals surface area contributed by atoms with Crippen LogP contribution in [-0.4, -0.2) is 49.1 Å². The second-order valence-corrected chi connectivity index (χ2v) is 5.98. The molecule has 2 heterocycles. The van der Waals surface area contributed by atoms with Crippen LogP contribution in [0.25, 0.3) is 0 Å². The molecule has 1 N–H and O–H groups in total. The number of aromatic nitrogens is 1. The Balaban J connectivity index is 2.02. The highest BCUT2D eigenvalue weighted by atomic mass is 16.6. The summed E-state index contributed by atoms with van der Waals surface area (Å²) >= 11 is 0. The number of piperidine rings is 1. The van der Waals surface area contributed by atoms with Crippen LogP contribution in [0.2, 0.25) is 0 Å². The Bertz CT molecular complexity index is 510. The van der Waals surface area contributed by atoms with Gasteiger partial charge in [0.2, 0.25) is 11.8 Å². The highest BCUT2D eigenvalue weighted by molar-refractivity contribution is 5.75. The van der Waals surface area contributed by atoms with Gasteiger partial charge in [0, 0.05) is 24.2 Å². The summed E-state index contributed by atoms with van der Waals surface area (Å²) in [6.45, 7) is 4.23. The Morgan fingerprint density at radius 2 is 2.30 bits per heavy atom. The molecule has 1 amide bonds. The molecule has 2 unspecified atom stereocenters. The molecular weight excluding hydrogens is 294 g/mol. The number of likely N-dealkylation sites (tertiary alicyclic amines) is 1. The minimum absolute atomic E-state index is 0.0415. The molecule has 0 bridgehead atoms. The molecule has 0 aliphatic carbocycles. The molecule has 2 rings (SSSR count). The van der Waals surface area contributed by atoms with Gasteiger partial charge in [-0.05, 0) is 44.3 Å². The number of ether oxygens (including phenoxy) is 1. The summed E-state index contributed by atoms with van der Waals surface area (Å²) in [7, 11) is 3.12. The van der Waals surface area contributed by atoms with Crippen molar-refractivity contribution in [3.8, 4) is 5.88 Å². The van der Waals surface area contributed by atoms with Crippen molar-refractivity contribution in [2.75, 3.05) is 27.3 Å². The Morgan fingerprint density at radius 3 is 3.00 bits per heavy atom. The molecule has 128 valence electrons. The average molecular weight is 321 g/mol. The van der Waals surface area contributed by atoms with Crippen molar-refractivity contribution in [2.45, 2.75) is 38.6 Å². The van der Waals surface area contributed by atoms with E-state index in [0.717, 1.165) is 37.9 Å². The molecule has 2 atom stereocenters. The standard InChI is InChI=1S/C17H27N3O3/c1-4-20-9-7-13(11-16(21)19-23-3)10-15(20)12-14-6-5-8-18-17(14)22-2/h5-6,8,13,15H,4,7,9-12H2,1-3H3,(H,19,21). The van der Waals surface area contributed by atoms with Crippen LogP contribution < -0.4 is 10.2 Å². The van der Waals surface area contributed by atoms with Crippen LogP contribution in [0, 0.1) is 5.92 Å². The minimum Gasteiger partial charge on any atom is -0.481 e. The summed E-state index contributed by atoms with van der Waals surface area (Å²) in [6, 6.07) is 4.42. The predicted octanol–water partition coefficient (Wildman–Crippen LogP) is 1.80. The van der Waals surface area contributed by atoms with Gasteiger partial charge < -0.3 is 9.64 Å². The topological polar surface area (TPSA) is 63.7 Å². The van der Waals surface area contributed by atoms with Crippen LogP contribution in [-0.2, 0) is 16.1 Å². The van der Waals surface area contributed by atoms with Gasteiger partial charge >= 0.3 is 0 Å². The van der Waals surface area contributed by atoms with Crippen molar-refractivity contribution in [3.63, 3.8) is 0 Å². The van der Waals surface area contributed by atoms with Crippen LogP contribution in [0.15, 0.2) is 18.3 Å². The van der Waals surface area contributed by atoms with E-state index in [9.17, 15) is 4.79 Å². The van der Waals surface area contributed by atoms with Gasteiger partial charge in [-0.2, -0.15) is 0 Å². The predicted molar refractivity (Wildman–Crippen MR) is 88.0 cm³/mol. The molecule has 1 aromatic rings. The lowest BCUT2D eigenvalue weighted by molar-refractivity contribution is -0.132. The number of hydrogen-bond acceptors (Lipinski definition) is 5. The van der Waals surface area contributed by atoms with E-state index in [-0.39, 0.29) is 5.91 Å². The monoisotopic (exact) mass is 321 g/mol. The lowest BCUT2D eigenvalue weighted by Gasteiger charge is -2.39. The zero-order valence-electron chi connectivity index (χ0n) is 14.2. The SMILES string of the molecule is CCN1CCC(CC(=O)NOC)CC1Cc1cccnc1OC. The van der Waals surface area contributed by atoms with Crippen LogP contribution in [0.3, 0.4) is 0 Å². The quantitative estimate of drug-likeness (QED) is 0.776. The van der Waals surface area contributed by atoms with E-state index in [1.807, 2.05) is 6.07 Å². The average Bonchev–Trinajstić information content (AvgIpc) is 2.56. The van der Waals surface area contributed by atoms with Crippen LogP contribution in [0.4, 0.5) is 0 Å². The number of hydroxylamine groups is 1. The van der Waals surface area contributed by atoms with Crippen LogP contribution in [0.1, 0.15) is 31.7 Å². The normalized spacial score (nSPS) is 21.9. The van der Waals surface area contributed by atoms with Crippen molar-refractivity contribution in [1.82, 2.24) is 15.4 Å². The maximum Gasteiger partial charge on any atom is 0.243 e. The molecule has 23 heavy (non-hydrogen) atoms. The molecular formula is C17H27N3O3. The molecule has 1 aliphatic heterocycles. The maximum absolute atomic E-state index is 11.7. The van der Waals surface area contributed by atoms with Gasteiger partial charge in [0.15, 0.2) is 0 Å². The van der Waals surface area contributed by atoms with Gasteiger partial charge in [0.25, 0.3) is 0 Å². The molecule has 6 nitrogen and oxygen atoms in total. The number of likely N-dealkylation sites (N-methyl/N-ethyl adjacent to an activating group) is 1. The first-order valence-corrected chi connectivity index (χ1v) is 8.21. The summed E-state index contributed by atoms with van der Waals surface area (Å²) in [5, 5.41) is 0. The van der Waals surface area contributed by atoms with Crippen LogP contribution >= 0.6 is 0 Å². The summed E-state index contributed by atoms with van der Waals surface area (Å²) in [4.78, 5) is 23.2. The number of pyridine rings is 1. The summed E-state index contributed by atoms with van der Waals surface area (Å²) in [5.41, 5.74) is 3.54. The molecule has 6 heteroatoms. The first kappa shape index (κ1) is 17.7. The zero-order valence-corrected chi connectivity index (χ0v) is 14.2. The van der Waals surface area contributed by atoms with E-state index < -0.39 is 0 Å². The van der Waals surface area contributed by atoms with E-state index in [0.29, 0.717) is 24.3 Å². The molecule has 0 saturated carbocycles. The first-order valence-electron chi connectivity index (χ1n) is 8.21. The third-order valence-electron chi connectivity index (χ3n) is 4.54. The number of methoxy groups -OCH3 is 1. The van der Waals surface area contributed by atoms with E-state index in [1.54, 1.807) is 13.3 Å². The smallest absolute Gasteiger partial charge is 0.243 e. The number of nitrogens with zero attached hydrogens (tertiary/aromatic N) is 2. The Labute approximate surface area is 138 Å². The largest absolute Gasteiger partial charge is 0.481 e. The lowest BCUT2D eigenvalue weighted by Crippen LogP contribution is -2.44. The number of carbonyl (C=O) groups is 1. The van der Waals surface area contributed by atoms with E-state index >= 15 is 0 Å². The van der Waals surface area contributed by atoms with Gasteiger partial charge in [-0.15, -0.1) is 0 Å². The lowest BCUT2D eigenvalue weighted by atomic mass is 9.85. The highest BCUT2D eigenvalue weighted by Gasteiger charge is 2.29. The zero-order chi connectivity index (χ0) is 16.7. The van der Waals surface area contributed by atoms with E-state index in [1.165, 1.54) is 7.11 Å². The fraction of sp³-hybridized carbons (Fsp3) is 0.647. The van der Waals surface area contributed by atoms with E-state index in [2.05, 4.69) is 28.4 Å². The van der Waals surface area contributed by atoms with Crippen molar-refractivity contribution in [2.24, 2.45) is 5.92 Å². The molecule has 1 aliphatic rings. The number of hydrogen-bond donors (Lipinski definition) is 1. The van der Waals surface area contributed by atoms with E-state index in [4.69, 9.17) is 9.57 Å². The maximum atomic E-state index is 11.7. The summed E-state index contributed by atoms with van der Waals surface area (Å²) in [6.07, 6.45) is 5.21. The number of amides is 1. The van der Waals surface area contributed by atoms with Gasteiger partial charge in [0.05, 0.1) is 14.2 Å². The fourth-order valence-electron chi connectivity index (χ4n) is 3.43. The second-order valence-electron chi connectivity index (χ2n) is 5.98. The van der Waals surface area contributed by atoms with Gasteiger partial charge in [0.1, 0.15) is 0 Å². The fourth-order valence-corrected chi connectivity index (χ4v) is 3.43. The molecule has 1 saturated heterocycles. The molecule has 0 radical (unpaired) electrons. The highest BCUT2D eigenvalue weighted by Crippen LogP contribution is 2.29. The van der Waals surface area contributed by atoms with Crippen molar-refractivity contribution < 1.29 is 14.4 Å². The number of rotatable bonds is 7. The molecule has 1 aromatic heterocycles. The number of nitrogens with one attached hydrogen (secondary N) is 1. The van der Waals surface area contributed by atoms with Gasteiger partial charge in [-0.3, -0.25) is 9.63 Å². The third kappa shape index (κ3) is 4.91. The van der Waals surface area contributed by atoms with Crippen molar-refractivity contribution in [1.29, 1.82) is 0 Å². The molecule has 0 spiro atoms. The van der Waals surface area contributed by atoms with Gasteiger partial charge in [-0.1, -0.05) is 13.0 Å². The summed E-state index contributed by atoms with van der Waals surface area (Å²) in [5.74, 6) is 1.04. The van der Waals surface area contributed by atoms with Crippen LogP contribution in [0.5, 0.6) is 5.88 Å². The summed E-state index contributed by atoms with van der Waals surface area (Å²) < 4.78 is 5.37. The Kier molecular flexibility index (Phi) is 6.80. The minimum atomic E-state index is -0.0415. The molecule has 1 fully saturated rings.